The van der Waals surface area contributed by atoms with E-state index in [1.54, 1.807) is 24.3 Å². The molecule has 6 nitrogen and oxygen atoms in total. The smallest absolute Gasteiger partial charge is 0.313 e. The van der Waals surface area contributed by atoms with Crippen LogP contribution in [0.4, 0.5) is 0 Å². The van der Waals surface area contributed by atoms with Crippen LogP contribution in [-0.2, 0) is 21.2 Å². The lowest BCUT2D eigenvalue weighted by Crippen LogP contribution is -2.55. The largest absolute Gasteiger partial charge is 0.481 e. The van der Waals surface area contributed by atoms with Crippen LogP contribution >= 0.6 is 0 Å². The molecule has 0 aliphatic carbocycles. The van der Waals surface area contributed by atoms with E-state index in [1.165, 1.54) is 6.26 Å². The quantitative estimate of drug-likeness (QED) is 0.803. The van der Waals surface area contributed by atoms with E-state index in [1.807, 2.05) is 11.8 Å². The van der Waals surface area contributed by atoms with Crippen molar-refractivity contribution in [3.8, 4) is 0 Å². The van der Waals surface area contributed by atoms with Crippen LogP contribution in [0.5, 0.6) is 0 Å². The molecular formula is C17H25NO5S. The SMILES string of the molecule is CCC[C@@]1(C(=O)O)CN(Cc2ccc(S(C)(=O)=O)cc2)CC[C@H]1O. The van der Waals surface area contributed by atoms with Gasteiger partial charge in [-0.1, -0.05) is 25.5 Å². The Bertz CT molecular complexity index is 685. The van der Waals surface area contributed by atoms with Crippen molar-refractivity contribution < 1.29 is 23.4 Å². The van der Waals surface area contributed by atoms with E-state index in [4.69, 9.17) is 0 Å². The number of carboxylic acids is 1. The molecule has 2 N–H and O–H groups in total. The average Bonchev–Trinajstić information content (AvgIpc) is 2.50. The van der Waals surface area contributed by atoms with Crippen molar-refractivity contribution in [3.63, 3.8) is 0 Å². The third-order valence-electron chi connectivity index (χ3n) is 4.74. The van der Waals surface area contributed by atoms with Gasteiger partial charge in [0.2, 0.25) is 0 Å². The van der Waals surface area contributed by atoms with E-state index < -0.39 is 27.3 Å². The number of carboxylic acid groups (broad SMARTS) is 1. The van der Waals surface area contributed by atoms with Crippen molar-refractivity contribution in [1.82, 2.24) is 4.90 Å². The summed E-state index contributed by atoms with van der Waals surface area (Å²) in [7, 11) is -3.22. The highest BCUT2D eigenvalue weighted by Gasteiger charge is 2.48. The van der Waals surface area contributed by atoms with Gasteiger partial charge in [0, 0.05) is 25.9 Å². The van der Waals surface area contributed by atoms with E-state index in [-0.39, 0.29) is 4.90 Å². The average molecular weight is 355 g/mol. The lowest BCUT2D eigenvalue weighted by atomic mass is 9.74. The van der Waals surface area contributed by atoms with Gasteiger partial charge in [-0.2, -0.15) is 0 Å². The van der Waals surface area contributed by atoms with Crippen molar-refractivity contribution in [2.24, 2.45) is 5.41 Å². The van der Waals surface area contributed by atoms with Crippen LogP contribution in [0.25, 0.3) is 0 Å². The maximum atomic E-state index is 11.8. The molecular weight excluding hydrogens is 330 g/mol. The van der Waals surface area contributed by atoms with Crippen LogP contribution in [0.1, 0.15) is 31.7 Å². The van der Waals surface area contributed by atoms with Gasteiger partial charge < -0.3 is 10.2 Å². The molecule has 1 aliphatic rings. The number of benzene rings is 1. The Hall–Kier alpha value is -1.44. The topological polar surface area (TPSA) is 94.9 Å². The van der Waals surface area contributed by atoms with Crippen LogP contribution in [0.3, 0.4) is 0 Å². The minimum atomic E-state index is -3.22. The Kier molecular flexibility index (Phi) is 5.67. The predicted octanol–water partition coefficient (Wildman–Crippen LogP) is 1.53. The normalized spacial score (nSPS) is 25.5. The Balaban J connectivity index is 2.14. The number of hydrogen-bond acceptors (Lipinski definition) is 5. The van der Waals surface area contributed by atoms with Gasteiger partial charge in [-0.15, -0.1) is 0 Å². The molecule has 1 saturated heterocycles. The summed E-state index contributed by atoms with van der Waals surface area (Å²) in [6.45, 7) is 3.37. The lowest BCUT2D eigenvalue weighted by Gasteiger charge is -2.43. The maximum absolute atomic E-state index is 11.8. The predicted molar refractivity (Wildman–Crippen MR) is 90.4 cm³/mol. The zero-order chi connectivity index (χ0) is 18.0. The van der Waals surface area contributed by atoms with Crippen LogP contribution < -0.4 is 0 Å². The first-order valence-corrected chi connectivity index (χ1v) is 10.0. The first-order chi connectivity index (χ1) is 11.2. The van der Waals surface area contributed by atoms with Gasteiger partial charge in [0.05, 0.1) is 11.0 Å². The van der Waals surface area contributed by atoms with E-state index in [9.17, 15) is 23.4 Å². The number of aliphatic hydroxyl groups excluding tert-OH is 1. The molecule has 2 atom stereocenters. The highest BCUT2D eigenvalue weighted by molar-refractivity contribution is 7.90. The second-order valence-corrected chi connectivity index (χ2v) is 8.66. The minimum absolute atomic E-state index is 0.270. The molecule has 0 unspecified atom stereocenters. The molecule has 0 spiro atoms. The first-order valence-electron chi connectivity index (χ1n) is 8.12. The fourth-order valence-corrected chi connectivity index (χ4v) is 4.04. The van der Waals surface area contributed by atoms with Gasteiger partial charge in [-0.05, 0) is 30.5 Å². The fourth-order valence-electron chi connectivity index (χ4n) is 3.41. The molecule has 1 aliphatic heterocycles. The summed E-state index contributed by atoms with van der Waals surface area (Å²) in [5.41, 5.74) is -0.200. The van der Waals surface area contributed by atoms with Gasteiger partial charge in [0.25, 0.3) is 0 Å². The van der Waals surface area contributed by atoms with Crippen LogP contribution in [0.15, 0.2) is 29.2 Å². The van der Waals surface area contributed by atoms with Gasteiger partial charge in [0.15, 0.2) is 9.84 Å². The van der Waals surface area contributed by atoms with Crippen LogP contribution in [0, 0.1) is 5.41 Å². The standard InChI is InChI=1S/C17H25NO5S/c1-3-9-17(16(20)21)12-18(10-8-15(17)19)11-13-4-6-14(7-5-13)24(2,22)23/h4-7,15,19H,3,8-12H2,1-2H3,(H,20,21)/t15-,17-/m1/s1. The summed E-state index contributed by atoms with van der Waals surface area (Å²) in [6.07, 6.45) is 1.89. The van der Waals surface area contributed by atoms with Gasteiger partial charge >= 0.3 is 5.97 Å². The first kappa shape index (κ1) is 18.9. The molecule has 0 radical (unpaired) electrons. The number of aliphatic carboxylic acids is 1. The third kappa shape index (κ3) is 3.96. The van der Waals surface area contributed by atoms with Crippen LogP contribution in [0.2, 0.25) is 0 Å². The molecule has 0 aromatic heterocycles. The van der Waals surface area contributed by atoms with E-state index in [0.29, 0.717) is 38.9 Å². The number of carbonyl (C=O) groups is 1. The monoisotopic (exact) mass is 355 g/mol. The molecule has 0 bridgehead atoms. The van der Waals surface area contributed by atoms with Crippen LogP contribution in [-0.4, -0.2) is 54.9 Å². The summed E-state index contributed by atoms with van der Waals surface area (Å²) in [5.74, 6) is -0.950. The number of hydrogen-bond donors (Lipinski definition) is 2. The lowest BCUT2D eigenvalue weighted by molar-refractivity contribution is -0.164. The van der Waals surface area contributed by atoms with Crippen molar-refractivity contribution in [1.29, 1.82) is 0 Å². The Morgan fingerprint density at radius 3 is 2.46 bits per heavy atom. The Labute approximate surface area is 143 Å². The maximum Gasteiger partial charge on any atom is 0.313 e. The number of piperidine rings is 1. The molecule has 134 valence electrons. The Morgan fingerprint density at radius 1 is 1.33 bits per heavy atom. The zero-order valence-corrected chi connectivity index (χ0v) is 14.9. The molecule has 7 heteroatoms. The number of aliphatic hydroxyl groups is 1. The molecule has 1 fully saturated rings. The fraction of sp³-hybridized carbons (Fsp3) is 0.588. The van der Waals surface area contributed by atoms with Crippen molar-refractivity contribution in [2.45, 2.75) is 43.7 Å². The van der Waals surface area contributed by atoms with Crippen molar-refractivity contribution in [2.75, 3.05) is 19.3 Å². The van der Waals surface area contributed by atoms with Crippen molar-refractivity contribution in [3.05, 3.63) is 29.8 Å². The summed E-state index contributed by atoms with van der Waals surface area (Å²) < 4.78 is 23.0. The Morgan fingerprint density at radius 2 is 1.96 bits per heavy atom. The van der Waals surface area contributed by atoms with Crippen molar-refractivity contribution >= 4 is 15.8 Å². The molecule has 2 rings (SSSR count). The van der Waals surface area contributed by atoms with E-state index >= 15 is 0 Å². The molecule has 1 heterocycles. The third-order valence-corrected chi connectivity index (χ3v) is 5.87. The molecule has 0 saturated carbocycles. The van der Waals surface area contributed by atoms with E-state index in [0.717, 1.165) is 5.56 Å². The zero-order valence-electron chi connectivity index (χ0n) is 14.1. The summed E-state index contributed by atoms with van der Waals surface area (Å²) in [6, 6.07) is 6.65. The molecule has 0 amide bonds. The number of nitrogens with zero attached hydrogens (tertiary/aromatic N) is 1. The second-order valence-electron chi connectivity index (χ2n) is 6.64. The second kappa shape index (κ2) is 7.21. The van der Waals surface area contributed by atoms with Gasteiger partial charge in [-0.3, -0.25) is 9.69 Å². The molecule has 1 aromatic carbocycles. The summed E-state index contributed by atoms with van der Waals surface area (Å²) in [4.78, 5) is 14.1. The highest BCUT2D eigenvalue weighted by atomic mass is 32.2. The highest BCUT2D eigenvalue weighted by Crippen LogP contribution is 2.36. The minimum Gasteiger partial charge on any atom is -0.481 e. The summed E-state index contributed by atoms with van der Waals surface area (Å²) in [5, 5.41) is 19.9. The van der Waals surface area contributed by atoms with E-state index in [2.05, 4.69) is 0 Å². The number of likely N-dealkylation sites (tertiary alicyclic amines) is 1. The molecule has 24 heavy (non-hydrogen) atoms. The number of sulfone groups is 1. The van der Waals surface area contributed by atoms with Gasteiger partial charge in [-0.25, -0.2) is 8.42 Å². The number of rotatable bonds is 6. The summed E-state index contributed by atoms with van der Waals surface area (Å²) >= 11 is 0. The van der Waals surface area contributed by atoms with Gasteiger partial charge in [0.1, 0.15) is 5.41 Å². The molecule has 1 aromatic rings.